The lowest BCUT2D eigenvalue weighted by atomic mass is 10.3. The molecule has 10 heteroatoms. The maximum absolute atomic E-state index is 12.4. The number of nitrogens with zero attached hydrogens (tertiary/aromatic N) is 4. The maximum Gasteiger partial charge on any atom is 0.282 e. The number of halogens is 1. The number of anilines is 1. The highest BCUT2D eigenvalue weighted by atomic mass is 35.5. The summed E-state index contributed by atoms with van der Waals surface area (Å²) in [5.41, 5.74) is -0.0722. The highest BCUT2D eigenvalue weighted by Crippen LogP contribution is 2.25. The monoisotopic (exact) mass is 407 g/mol. The summed E-state index contributed by atoms with van der Waals surface area (Å²) in [5, 5.41) is 15.5. The van der Waals surface area contributed by atoms with Gasteiger partial charge in [0.05, 0.1) is 5.69 Å². The van der Waals surface area contributed by atoms with Crippen LogP contribution in [-0.2, 0) is 0 Å². The van der Waals surface area contributed by atoms with Crippen LogP contribution in [0.3, 0.4) is 0 Å². The number of hydrogen-bond donors (Lipinski definition) is 1. The summed E-state index contributed by atoms with van der Waals surface area (Å²) in [6, 6.07) is 8.22. The Bertz CT molecular complexity index is 989. The van der Waals surface area contributed by atoms with Gasteiger partial charge >= 0.3 is 0 Å². The van der Waals surface area contributed by atoms with Crippen molar-refractivity contribution in [2.45, 2.75) is 17.7 Å². The van der Waals surface area contributed by atoms with Crippen LogP contribution in [0, 0.1) is 0 Å². The third-order valence-electron chi connectivity index (χ3n) is 3.15. The predicted molar refractivity (Wildman–Crippen MR) is 104 cm³/mol. The van der Waals surface area contributed by atoms with Gasteiger partial charge in [-0.05, 0) is 24.6 Å². The molecule has 3 rings (SSSR count). The number of amides is 1. The Balaban J connectivity index is 1.82. The third kappa shape index (κ3) is 4.48. The van der Waals surface area contributed by atoms with Crippen molar-refractivity contribution in [1.29, 1.82) is 0 Å². The maximum atomic E-state index is 12.4. The fourth-order valence-electron chi connectivity index (χ4n) is 1.99. The van der Waals surface area contributed by atoms with Crippen LogP contribution in [0.1, 0.15) is 23.8 Å². The van der Waals surface area contributed by atoms with Crippen LogP contribution in [-0.4, -0.2) is 31.6 Å². The van der Waals surface area contributed by atoms with Gasteiger partial charge in [-0.25, -0.2) is 4.68 Å². The van der Waals surface area contributed by atoms with Crippen LogP contribution >= 0.6 is 34.7 Å². The van der Waals surface area contributed by atoms with Crippen LogP contribution in [0.15, 0.2) is 45.7 Å². The van der Waals surface area contributed by atoms with Gasteiger partial charge in [0.1, 0.15) is 0 Å². The fourth-order valence-corrected chi connectivity index (χ4v) is 3.85. The number of aromatic nitrogens is 4. The topological polar surface area (TPSA) is 89.8 Å². The smallest absolute Gasteiger partial charge is 0.282 e. The second-order valence-electron chi connectivity index (χ2n) is 5.13. The summed E-state index contributed by atoms with van der Waals surface area (Å²) < 4.78 is 2.18. The van der Waals surface area contributed by atoms with E-state index in [1.165, 1.54) is 28.3 Å². The standard InChI is InChI=1S/C16H14ClN5O2S2/c1-2-8-25-16-20-19-15(26-16)18-14(24)13-12(23)6-7-22(21-13)11-5-3-4-10(17)9-11/h3-7,9H,2,8H2,1H3,(H,18,19,24). The summed E-state index contributed by atoms with van der Waals surface area (Å²) >= 11 is 8.80. The average Bonchev–Trinajstić information content (AvgIpc) is 3.07. The van der Waals surface area contributed by atoms with Crippen molar-refractivity contribution in [2.24, 2.45) is 0 Å². The van der Waals surface area contributed by atoms with Crippen LogP contribution < -0.4 is 10.7 Å². The summed E-state index contributed by atoms with van der Waals surface area (Å²) in [6.07, 6.45) is 2.50. The minimum Gasteiger partial charge on any atom is -0.295 e. The quantitative estimate of drug-likeness (QED) is 0.497. The van der Waals surface area contributed by atoms with Crippen molar-refractivity contribution in [1.82, 2.24) is 20.0 Å². The molecule has 0 aliphatic heterocycles. The highest BCUT2D eigenvalue weighted by Gasteiger charge is 2.16. The number of thioether (sulfide) groups is 1. The van der Waals surface area contributed by atoms with Crippen LogP contribution in [0.25, 0.3) is 5.69 Å². The lowest BCUT2D eigenvalue weighted by Crippen LogP contribution is -2.25. The van der Waals surface area contributed by atoms with Crippen LogP contribution in [0.2, 0.25) is 5.02 Å². The SMILES string of the molecule is CCCSc1nnc(NC(=O)c2nn(-c3cccc(Cl)c3)ccc2=O)s1. The van der Waals surface area contributed by atoms with Crippen molar-refractivity contribution < 1.29 is 4.79 Å². The molecular weight excluding hydrogens is 394 g/mol. The molecule has 134 valence electrons. The molecule has 1 amide bonds. The van der Waals surface area contributed by atoms with Gasteiger partial charge in [-0.2, -0.15) is 5.10 Å². The Morgan fingerprint density at radius 1 is 1.35 bits per heavy atom. The fraction of sp³-hybridized carbons (Fsp3) is 0.188. The molecule has 2 heterocycles. The number of rotatable bonds is 6. The number of carbonyl (C=O) groups is 1. The minimum atomic E-state index is -0.630. The second kappa shape index (κ2) is 8.43. The summed E-state index contributed by atoms with van der Waals surface area (Å²) in [4.78, 5) is 24.5. The molecule has 0 aliphatic carbocycles. The normalized spacial score (nSPS) is 10.7. The van der Waals surface area contributed by atoms with E-state index in [1.807, 2.05) is 0 Å². The van der Waals surface area contributed by atoms with Crippen molar-refractivity contribution in [3.05, 3.63) is 57.5 Å². The van der Waals surface area contributed by atoms with Crippen molar-refractivity contribution in [3.8, 4) is 5.69 Å². The molecule has 2 aromatic heterocycles. The summed E-state index contributed by atoms with van der Waals surface area (Å²) in [6.45, 7) is 2.07. The zero-order valence-corrected chi connectivity index (χ0v) is 16.1. The molecule has 0 radical (unpaired) electrons. The van der Waals surface area contributed by atoms with Gasteiger partial charge in [0.15, 0.2) is 10.0 Å². The third-order valence-corrected chi connectivity index (χ3v) is 5.57. The molecule has 0 unspecified atom stereocenters. The minimum absolute atomic E-state index is 0.231. The zero-order chi connectivity index (χ0) is 18.5. The molecule has 0 fully saturated rings. The van der Waals surface area contributed by atoms with Gasteiger partial charge in [0, 0.05) is 23.0 Å². The lowest BCUT2D eigenvalue weighted by Gasteiger charge is -2.07. The first kappa shape index (κ1) is 18.6. The van der Waals surface area contributed by atoms with Gasteiger partial charge < -0.3 is 0 Å². The van der Waals surface area contributed by atoms with Crippen LogP contribution in [0.5, 0.6) is 0 Å². The van der Waals surface area contributed by atoms with Crippen molar-refractivity contribution in [2.75, 3.05) is 11.1 Å². The molecule has 1 aromatic carbocycles. The largest absolute Gasteiger partial charge is 0.295 e. The Labute approximate surface area is 162 Å². The molecule has 1 N–H and O–H groups in total. The van der Waals surface area contributed by atoms with E-state index in [9.17, 15) is 9.59 Å². The van der Waals surface area contributed by atoms with Gasteiger partial charge in [-0.3, -0.25) is 14.9 Å². The number of carbonyl (C=O) groups excluding carboxylic acids is 1. The summed E-state index contributed by atoms with van der Waals surface area (Å²) in [5.74, 6) is 0.294. The van der Waals surface area contributed by atoms with E-state index < -0.39 is 11.3 Å². The summed E-state index contributed by atoms with van der Waals surface area (Å²) in [7, 11) is 0. The molecule has 0 atom stereocenters. The van der Waals surface area contributed by atoms with Crippen molar-refractivity contribution >= 4 is 45.7 Å². The first-order valence-corrected chi connectivity index (χ1v) is 9.88. The lowest BCUT2D eigenvalue weighted by molar-refractivity contribution is 0.101. The Morgan fingerprint density at radius 3 is 2.96 bits per heavy atom. The van der Waals surface area contributed by atoms with Gasteiger partial charge in [-0.15, -0.1) is 10.2 Å². The highest BCUT2D eigenvalue weighted by molar-refractivity contribution is 8.01. The van der Waals surface area contributed by atoms with Crippen molar-refractivity contribution in [3.63, 3.8) is 0 Å². The van der Waals surface area contributed by atoms with Gasteiger partial charge in [0.25, 0.3) is 5.91 Å². The van der Waals surface area contributed by atoms with E-state index in [1.54, 1.807) is 36.0 Å². The molecular formula is C16H14ClN5O2S2. The number of hydrogen-bond acceptors (Lipinski definition) is 7. The van der Waals surface area contributed by atoms with E-state index in [-0.39, 0.29) is 5.69 Å². The average molecular weight is 408 g/mol. The van der Waals surface area contributed by atoms with E-state index in [0.29, 0.717) is 15.8 Å². The molecule has 7 nitrogen and oxygen atoms in total. The Hall–Kier alpha value is -2.23. The number of benzene rings is 1. The molecule has 0 bridgehead atoms. The molecule has 26 heavy (non-hydrogen) atoms. The molecule has 0 aliphatic rings. The van der Waals surface area contributed by atoms with E-state index in [4.69, 9.17) is 11.6 Å². The Kier molecular flexibility index (Phi) is 6.02. The van der Waals surface area contributed by atoms with Gasteiger partial charge in [0.2, 0.25) is 10.6 Å². The molecule has 0 saturated carbocycles. The Morgan fingerprint density at radius 2 is 2.19 bits per heavy atom. The van der Waals surface area contributed by atoms with E-state index >= 15 is 0 Å². The van der Waals surface area contributed by atoms with Crippen LogP contribution in [0.4, 0.5) is 5.13 Å². The second-order valence-corrected chi connectivity index (χ2v) is 7.88. The molecule has 0 saturated heterocycles. The predicted octanol–water partition coefficient (Wildman–Crippen LogP) is 3.49. The zero-order valence-electron chi connectivity index (χ0n) is 13.7. The molecule has 3 aromatic rings. The van der Waals surface area contributed by atoms with E-state index in [0.717, 1.165) is 16.5 Å². The van der Waals surface area contributed by atoms with Gasteiger partial charge in [-0.1, -0.05) is 47.7 Å². The first-order valence-electron chi connectivity index (χ1n) is 7.70. The first-order chi connectivity index (χ1) is 12.6. The van der Waals surface area contributed by atoms with E-state index in [2.05, 4.69) is 27.5 Å². The molecule has 0 spiro atoms. The number of nitrogens with one attached hydrogen (secondary N) is 1.